The summed E-state index contributed by atoms with van der Waals surface area (Å²) in [5.74, 6) is -1.37. The highest BCUT2D eigenvalue weighted by Gasteiger charge is 2.33. The number of carbonyl (C=O) groups excluding carboxylic acids is 2. The first kappa shape index (κ1) is 22.5. The molecule has 0 unspecified atom stereocenters. The zero-order valence-corrected chi connectivity index (χ0v) is 17.6. The summed E-state index contributed by atoms with van der Waals surface area (Å²) in [4.78, 5) is 32.0. The molecule has 172 valence electrons. The molecule has 0 aromatic heterocycles. The minimum Gasteiger partial charge on any atom is -0.418 e. The van der Waals surface area contributed by atoms with E-state index in [1.807, 2.05) is 6.07 Å². The van der Waals surface area contributed by atoms with E-state index in [4.69, 9.17) is 16.3 Å². The van der Waals surface area contributed by atoms with Gasteiger partial charge >= 0.3 is 18.4 Å². The van der Waals surface area contributed by atoms with Gasteiger partial charge in [-0.05, 0) is 29.8 Å². The molecule has 0 radical (unpaired) electrons. The molecule has 2 aromatic carbocycles. The van der Waals surface area contributed by atoms with Crippen molar-refractivity contribution in [1.29, 1.82) is 0 Å². The van der Waals surface area contributed by atoms with Gasteiger partial charge < -0.3 is 19.7 Å². The van der Waals surface area contributed by atoms with E-state index in [0.29, 0.717) is 24.7 Å². The lowest BCUT2D eigenvalue weighted by Gasteiger charge is -2.19. The van der Waals surface area contributed by atoms with E-state index in [-0.39, 0.29) is 17.5 Å². The van der Waals surface area contributed by atoms with Crippen LogP contribution in [-0.2, 0) is 16.1 Å². The average molecular weight is 481 g/mol. The number of halogens is 4. The fraction of sp³-hybridized carbons (Fsp3) is 0.190. The summed E-state index contributed by atoms with van der Waals surface area (Å²) in [5.41, 5.74) is 0.908. The number of alkyl halides is 3. The van der Waals surface area contributed by atoms with Crippen molar-refractivity contribution in [3.8, 4) is 5.75 Å². The minimum atomic E-state index is -4.85. The molecular formula is C21H16ClF3N4O4. The summed E-state index contributed by atoms with van der Waals surface area (Å²) < 4.78 is 46.4. The number of carbonyl (C=O) groups is 2. The van der Waals surface area contributed by atoms with E-state index in [2.05, 4.69) is 15.0 Å². The number of rotatable bonds is 5. The summed E-state index contributed by atoms with van der Waals surface area (Å²) >= 11 is 5.99. The fourth-order valence-electron chi connectivity index (χ4n) is 3.17. The van der Waals surface area contributed by atoms with E-state index < -0.39 is 24.1 Å². The third kappa shape index (κ3) is 5.75. The van der Waals surface area contributed by atoms with Gasteiger partial charge in [-0.3, -0.25) is 9.69 Å². The van der Waals surface area contributed by atoms with E-state index in [9.17, 15) is 22.8 Å². The van der Waals surface area contributed by atoms with E-state index in [0.717, 1.165) is 17.7 Å². The molecule has 0 saturated carbocycles. The molecule has 2 aliphatic heterocycles. The molecule has 0 aliphatic carbocycles. The molecule has 8 nitrogen and oxygen atoms in total. The number of ether oxygens (including phenoxy) is 2. The molecule has 12 heteroatoms. The third-order valence-corrected chi connectivity index (χ3v) is 4.84. The molecule has 0 bridgehead atoms. The zero-order chi connectivity index (χ0) is 23.6. The summed E-state index contributed by atoms with van der Waals surface area (Å²) in [7, 11) is 0. The smallest absolute Gasteiger partial charge is 0.418 e. The van der Waals surface area contributed by atoms with Crippen molar-refractivity contribution in [2.24, 2.45) is 4.99 Å². The summed E-state index contributed by atoms with van der Waals surface area (Å²) in [6.45, 7) is 0.929. The first-order chi connectivity index (χ1) is 15.7. The van der Waals surface area contributed by atoms with Gasteiger partial charge in [0.1, 0.15) is 5.75 Å². The highest BCUT2D eigenvalue weighted by molar-refractivity contribution is 6.30. The Morgan fingerprint density at radius 2 is 1.97 bits per heavy atom. The summed E-state index contributed by atoms with van der Waals surface area (Å²) in [6, 6.07) is 11.3. The number of urea groups is 1. The van der Waals surface area contributed by atoms with Crippen LogP contribution >= 0.6 is 11.6 Å². The highest BCUT2D eigenvalue weighted by atomic mass is 35.5. The number of aliphatic imine (C=N–C) groups is 1. The lowest BCUT2D eigenvalue weighted by Crippen LogP contribution is -2.31. The molecular weight excluding hydrogens is 465 g/mol. The number of hydrogen-bond acceptors (Lipinski definition) is 5. The second-order valence-corrected chi connectivity index (χ2v) is 7.48. The van der Waals surface area contributed by atoms with Crippen LogP contribution in [0.3, 0.4) is 0 Å². The molecule has 2 heterocycles. The van der Waals surface area contributed by atoms with Crippen LogP contribution < -0.4 is 10.1 Å². The van der Waals surface area contributed by atoms with Crippen LogP contribution in [0, 0.1) is 0 Å². The molecule has 0 fully saturated rings. The quantitative estimate of drug-likeness (QED) is 0.688. The number of benzene rings is 2. The predicted molar refractivity (Wildman–Crippen MR) is 112 cm³/mol. The maximum atomic E-state index is 12.5. The van der Waals surface area contributed by atoms with Gasteiger partial charge in [0.15, 0.2) is 0 Å². The summed E-state index contributed by atoms with van der Waals surface area (Å²) in [5, 5.41) is 2.98. The maximum absolute atomic E-state index is 12.5. The first-order valence-corrected chi connectivity index (χ1v) is 9.99. The average Bonchev–Trinajstić information content (AvgIpc) is 3.06. The van der Waals surface area contributed by atoms with Gasteiger partial charge in [-0.25, -0.2) is 4.79 Å². The van der Waals surface area contributed by atoms with Crippen molar-refractivity contribution in [1.82, 2.24) is 9.80 Å². The van der Waals surface area contributed by atoms with Crippen LogP contribution in [0.1, 0.15) is 5.56 Å². The molecule has 3 amide bonds. The Hall–Kier alpha value is -3.73. The monoisotopic (exact) mass is 480 g/mol. The van der Waals surface area contributed by atoms with Gasteiger partial charge in [0.25, 0.3) is 5.91 Å². The van der Waals surface area contributed by atoms with Crippen LogP contribution in [0.25, 0.3) is 0 Å². The van der Waals surface area contributed by atoms with Gasteiger partial charge in [0, 0.05) is 36.4 Å². The van der Waals surface area contributed by atoms with E-state index >= 15 is 0 Å². The van der Waals surface area contributed by atoms with Crippen molar-refractivity contribution < 1.29 is 32.2 Å². The molecule has 33 heavy (non-hydrogen) atoms. The van der Waals surface area contributed by atoms with E-state index in [1.54, 1.807) is 18.2 Å². The second kappa shape index (κ2) is 9.02. The molecule has 0 saturated heterocycles. The predicted octanol–water partition coefficient (Wildman–Crippen LogP) is 4.34. The molecule has 2 aliphatic rings. The first-order valence-electron chi connectivity index (χ1n) is 9.62. The Bertz CT molecular complexity index is 1150. The van der Waals surface area contributed by atoms with Gasteiger partial charge in [-0.1, -0.05) is 29.8 Å². The van der Waals surface area contributed by atoms with Crippen LogP contribution in [0.4, 0.5) is 23.7 Å². The molecule has 2 aromatic rings. The fourth-order valence-corrected chi connectivity index (χ4v) is 3.39. The Morgan fingerprint density at radius 1 is 1.18 bits per heavy atom. The van der Waals surface area contributed by atoms with Crippen molar-refractivity contribution >= 4 is 35.2 Å². The normalized spacial score (nSPS) is 15.8. The number of nitrogens with zero attached hydrogens (tertiary/aromatic N) is 3. The Balaban J connectivity index is 1.40. The van der Waals surface area contributed by atoms with Crippen LogP contribution in [0.2, 0.25) is 5.02 Å². The SMILES string of the molecule is O=C(Nc1cccc(OC(F)(F)F)c1)C1=CN2CCN(Cc3cccc(Cl)c3)C(=O)N=C2O1. The largest absolute Gasteiger partial charge is 0.573 e. The van der Waals surface area contributed by atoms with Gasteiger partial charge in [-0.15, -0.1) is 18.2 Å². The topological polar surface area (TPSA) is 83.5 Å². The molecule has 4 rings (SSSR count). The minimum absolute atomic E-state index is 0.0621. The van der Waals surface area contributed by atoms with Crippen molar-refractivity contribution in [3.63, 3.8) is 0 Å². The Kier molecular flexibility index (Phi) is 6.14. The number of amidine groups is 1. The van der Waals surface area contributed by atoms with Gasteiger partial charge in [-0.2, -0.15) is 0 Å². The zero-order valence-electron chi connectivity index (χ0n) is 16.8. The Morgan fingerprint density at radius 3 is 2.73 bits per heavy atom. The lowest BCUT2D eigenvalue weighted by molar-refractivity contribution is -0.274. The van der Waals surface area contributed by atoms with Crippen molar-refractivity contribution in [2.75, 3.05) is 18.4 Å². The lowest BCUT2D eigenvalue weighted by atomic mass is 10.2. The molecule has 0 atom stereocenters. The second-order valence-electron chi connectivity index (χ2n) is 7.05. The van der Waals surface area contributed by atoms with Crippen molar-refractivity contribution in [3.05, 3.63) is 71.1 Å². The Labute approximate surface area is 190 Å². The standard InChI is InChI=1S/C21H16ClF3N4O4/c22-14-4-1-3-13(9-14)11-28-7-8-29-12-17(32-20(29)27-19(28)31)18(30)26-15-5-2-6-16(10-15)33-21(23,24)25/h1-6,9-10,12H,7-8,11H2,(H,26,30). The van der Waals surface area contributed by atoms with Crippen LogP contribution in [0.15, 0.2) is 65.5 Å². The van der Waals surface area contributed by atoms with E-state index in [1.165, 1.54) is 28.1 Å². The van der Waals surface area contributed by atoms with Crippen LogP contribution in [-0.4, -0.2) is 47.2 Å². The third-order valence-electron chi connectivity index (χ3n) is 4.60. The van der Waals surface area contributed by atoms with Gasteiger partial charge in [0.2, 0.25) is 5.76 Å². The number of nitrogens with one attached hydrogen (secondary N) is 1. The summed E-state index contributed by atoms with van der Waals surface area (Å²) in [6.07, 6.45) is -3.48. The number of hydrogen-bond donors (Lipinski definition) is 1. The number of anilines is 1. The van der Waals surface area contributed by atoms with Gasteiger partial charge in [0.05, 0.1) is 6.20 Å². The molecule has 1 N–H and O–H groups in total. The van der Waals surface area contributed by atoms with Crippen LogP contribution in [0.5, 0.6) is 5.75 Å². The highest BCUT2D eigenvalue weighted by Crippen LogP contribution is 2.26. The number of fused-ring (bicyclic) bond motifs is 1. The molecule has 0 spiro atoms. The van der Waals surface area contributed by atoms with Crippen molar-refractivity contribution in [2.45, 2.75) is 12.9 Å². The maximum Gasteiger partial charge on any atom is 0.573 e. The number of amides is 3.